The maximum Gasteiger partial charge on any atom is 0.158 e. The molecular formula is C9H19NO2. The van der Waals surface area contributed by atoms with E-state index in [-0.39, 0.29) is 17.9 Å². The summed E-state index contributed by atoms with van der Waals surface area (Å²) in [5, 5.41) is 0. The summed E-state index contributed by atoms with van der Waals surface area (Å²) in [4.78, 5) is 11.1. The molecule has 0 saturated carbocycles. The van der Waals surface area contributed by atoms with Crippen molar-refractivity contribution in [1.82, 2.24) is 0 Å². The lowest BCUT2D eigenvalue weighted by atomic mass is 9.99. The van der Waals surface area contributed by atoms with Gasteiger partial charge >= 0.3 is 0 Å². The molecule has 0 aromatic carbocycles. The van der Waals surface area contributed by atoms with Crippen molar-refractivity contribution in [2.75, 3.05) is 13.2 Å². The predicted octanol–water partition coefficient (Wildman–Crippen LogP) is 1.11. The molecule has 12 heavy (non-hydrogen) atoms. The minimum absolute atomic E-state index is 0.135. The predicted molar refractivity (Wildman–Crippen MR) is 49.0 cm³/mol. The first-order chi connectivity index (χ1) is 5.45. The van der Waals surface area contributed by atoms with E-state index >= 15 is 0 Å². The Hall–Kier alpha value is -0.410. The lowest BCUT2D eigenvalue weighted by Gasteiger charge is -2.17. The van der Waals surface area contributed by atoms with Crippen LogP contribution in [0.5, 0.6) is 0 Å². The van der Waals surface area contributed by atoms with Gasteiger partial charge in [-0.1, -0.05) is 0 Å². The molecule has 0 aliphatic rings. The summed E-state index contributed by atoms with van der Waals surface area (Å²) in [6.45, 7) is 6.53. The highest BCUT2D eigenvalue weighted by atomic mass is 16.5. The number of nitrogens with two attached hydrogens (primary N) is 1. The van der Waals surface area contributed by atoms with Gasteiger partial charge in [0.05, 0.1) is 0 Å². The summed E-state index contributed by atoms with van der Waals surface area (Å²) in [7, 11) is 0. The molecule has 0 heterocycles. The second-order valence-corrected chi connectivity index (χ2v) is 3.66. The normalized spacial score (nSPS) is 11.7. The fraction of sp³-hybridized carbons (Fsp3) is 0.889. The monoisotopic (exact) mass is 173 g/mol. The van der Waals surface area contributed by atoms with Crippen molar-refractivity contribution in [3.05, 3.63) is 0 Å². The zero-order chi connectivity index (χ0) is 9.61. The summed E-state index contributed by atoms with van der Waals surface area (Å²) in [6, 6.07) is 0. The first kappa shape index (κ1) is 11.6. The topological polar surface area (TPSA) is 52.3 Å². The van der Waals surface area contributed by atoms with Crippen molar-refractivity contribution in [1.29, 1.82) is 0 Å². The van der Waals surface area contributed by atoms with Gasteiger partial charge in [0.1, 0.15) is 6.61 Å². The molecule has 0 fully saturated rings. The number of ketones is 1. The van der Waals surface area contributed by atoms with E-state index in [4.69, 9.17) is 10.5 Å². The average Bonchev–Trinajstić information content (AvgIpc) is 1.95. The maximum atomic E-state index is 11.1. The summed E-state index contributed by atoms with van der Waals surface area (Å²) in [6.07, 6.45) is 1.24. The van der Waals surface area contributed by atoms with Crippen LogP contribution in [-0.4, -0.2) is 24.5 Å². The van der Waals surface area contributed by atoms with E-state index in [1.54, 1.807) is 0 Å². The van der Waals surface area contributed by atoms with Gasteiger partial charge in [-0.2, -0.15) is 0 Å². The van der Waals surface area contributed by atoms with E-state index in [0.29, 0.717) is 13.0 Å². The molecule has 0 spiro atoms. The van der Waals surface area contributed by atoms with Crippen molar-refractivity contribution in [2.24, 2.45) is 5.73 Å². The van der Waals surface area contributed by atoms with E-state index in [9.17, 15) is 4.79 Å². The molecule has 0 aromatic heterocycles. The van der Waals surface area contributed by atoms with Gasteiger partial charge in [-0.25, -0.2) is 0 Å². The number of hydrogen-bond acceptors (Lipinski definition) is 3. The number of Topliss-reactive ketones (excluding diaryl/α,β-unsaturated/α-hetero) is 1. The Labute approximate surface area is 74.3 Å². The zero-order valence-electron chi connectivity index (χ0n) is 8.22. The Bertz CT molecular complexity index is 138. The van der Waals surface area contributed by atoms with Gasteiger partial charge in [-0.05, 0) is 27.2 Å². The van der Waals surface area contributed by atoms with E-state index < -0.39 is 0 Å². The van der Waals surface area contributed by atoms with E-state index in [1.165, 1.54) is 0 Å². The number of ether oxygens (including phenoxy) is 1. The minimum atomic E-state index is -0.248. The highest BCUT2D eigenvalue weighted by molar-refractivity contribution is 5.79. The van der Waals surface area contributed by atoms with Gasteiger partial charge in [-0.15, -0.1) is 0 Å². The maximum absolute atomic E-state index is 11.1. The summed E-state index contributed by atoms with van der Waals surface area (Å²) in [5.74, 6) is 0.135. The SMILES string of the molecule is CCOCC(=O)CCC(C)(C)N. The third-order valence-corrected chi connectivity index (χ3v) is 1.52. The Kier molecular flexibility index (Phi) is 5.09. The van der Waals surface area contributed by atoms with Crippen molar-refractivity contribution in [2.45, 2.75) is 39.2 Å². The molecule has 0 radical (unpaired) electrons. The third-order valence-electron chi connectivity index (χ3n) is 1.52. The smallest absolute Gasteiger partial charge is 0.158 e. The van der Waals surface area contributed by atoms with E-state index in [1.807, 2.05) is 20.8 Å². The van der Waals surface area contributed by atoms with Crippen molar-refractivity contribution in [3.8, 4) is 0 Å². The van der Waals surface area contributed by atoms with Crippen LogP contribution in [0.2, 0.25) is 0 Å². The van der Waals surface area contributed by atoms with E-state index in [0.717, 1.165) is 6.42 Å². The number of rotatable bonds is 6. The van der Waals surface area contributed by atoms with Crippen molar-refractivity contribution in [3.63, 3.8) is 0 Å². The molecule has 0 aliphatic carbocycles. The van der Waals surface area contributed by atoms with Crippen LogP contribution in [-0.2, 0) is 9.53 Å². The minimum Gasteiger partial charge on any atom is -0.374 e. The highest BCUT2D eigenvalue weighted by Crippen LogP contribution is 2.07. The average molecular weight is 173 g/mol. The van der Waals surface area contributed by atoms with Crippen LogP contribution in [0.25, 0.3) is 0 Å². The summed E-state index contributed by atoms with van der Waals surface area (Å²) < 4.78 is 4.97. The Morgan fingerprint density at radius 2 is 2.08 bits per heavy atom. The molecule has 0 saturated heterocycles. The van der Waals surface area contributed by atoms with Gasteiger partial charge in [-0.3, -0.25) is 4.79 Å². The number of carbonyl (C=O) groups excluding carboxylic acids is 1. The van der Waals surface area contributed by atoms with Gasteiger partial charge in [0, 0.05) is 18.6 Å². The molecule has 0 bridgehead atoms. The third kappa shape index (κ3) is 7.69. The lowest BCUT2D eigenvalue weighted by molar-refractivity contribution is -0.123. The molecule has 0 rings (SSSR count). The molecule has 0 aromatic rings. The number of hydrogen-bond donors (Lipinski definition) is 1. The van der Waals surface area contributed by atoms with Crippen LogP contribution < -0.4 is 5.73 Å². The Morgan fingerprint density at radius 3 is 2.50 bits per heavy atom. The quantitative estimate of drug-likeness (QED) is 0.654. The molecule has 0 aliphatic heterocycles. The molecular weight excluding hydrogens is 154 g/mol. The molecule has 3 heteroatoms. The molecule has 0 amide bonds. The molecule has 3 nitrogen and oxygen atoms in total. The van der Waals surface area contributed by atoms with Crippen LogP contribution in [0.15, 0.2) is 0 Å². The standard InChI is InChI=1S/C9H19NO2/c1-4-12-7-8(11)5-6-9(2,3)10/h4-7,10H2,1-3H3. The summed E-state index contributed by atoms with van der Waals surface area (Å²) >= 11 is 0. The van der Waals surface area contributed by atoms with Gasteiger partial charge in [0.2, 0.25) is 0 Å². The highest BCUT2D eigenvalue weighted by Gasteiger charge is 2.12. The van der Waals surface area contributed by atoms with Crippen LogP contribution in [0.4, 0.5) is 0 Å². The molecule has 0 atom stereocenters. The zero-order valence-corrected chi connectivity index (χ0v) is 8.22. The molecule has 0 unspecified atom stereocenters. The number of carbonyl (C=O) groups is 1. The van der Waals surface area contributed by atoms with E-state index in [2.05, 4.69) is 0 Å². The van der Waals surface area contributed by atoms with Gasteiger partial charge in [0.25, 0.3) is 0 Å². The van der Waals surface area contributed by atoms with Crippen LogP contribution in [0.3, 0.4) is 0 Å². The van der Waals surface area contributed by atoms with Crippen LogP contribution >= 0.6 is 0 Å². The van der Waals surface area contributed by atoms with Gasteiger partial charge in [0.15, 0.2) is 5.78 Å². The van der Waals surface area contributed by atoms with Crippen molar-refractivity contribution < 1.29 is 9.53 Å². The first-order valence-electron chi connectivity index (χ1n) is 4.34. The largest absolute Gasteiger partial charge is 0.374 e. The fourth-order valence-electron chi connectivity index (χ4n) is 0.750. The molecule has 2 N–H and O–H groups in total. The van der Waals surface area contributed by atoms with Crippen LogP contribution in [0, 0.1) is 0 Å². The van der Waals surface area contributed by atoms with Crippen molar-refractivity contribution >= 4 is 5.78 Å². The van der Waals surface area contributed by atoms with Gasteiger partial charge < -0.3 is 10.5 Å². The fourth-order valence-corrected chi connectivity index (χ4v) is 0.750. The summed E-state index contributed by atoms with van der Waals surface area (Å²) in [5.41, 5.74) is 5.47. The Morgan fingerprint density at radius 1 is 1.50 bits per heavy atom. The molecule has 72 valence electrons. The van der Waals surface area contributed by atoms with Crippen LogP contribution in [0.1, 0.15) is 33.6 Å². The first-order valence-corrected chi connectivity index (χ1v) is 4.34. The lowest BCUT2D eigenvalue weighted by Crippen LogP contribution is -2.32. The Balaban J connectivity index is 3.44. The second kappa shape index (κ2) is 5.27. The second-order valence-electron chi connectivity index (χ2n) is 3.66.